The number of carbonyl (C=O) groups is 2. The molecule has 1 aliphatic heterocycles. The number of hydrogen-bond acceptors (Lipinski definition) is 5. The highest BCUT2D eigenvalue weighted by atomic mass is 32.2. The fraction of sp³-hybridized carbons (Fsp3) is 0.333. The summed E-state index contributed by atoms with van der Waals surface area (Å²) < 4.78 is 5.76. The lowest BCUT2D eigenvalue weighted by atomic mass is 10.1. The summed E-state index contributed by atoms with van der Waals surface area (Å²) >= 11 is 1.79. The average Bonchev–Trinajstić information content (AvgIpc) is 2.73. The Morgan fingerprint density at radius 2 is 1.89 bits per heavy atom. The summed E-state index contributed by atoms with van der Waals surface area (Å²) in [6.45, 7) is 1.14. The molecule has 3 rings (SSSR count). The number of benzene rings is 2. The van der Waals surface area contributed by atoms with Crippen molar-refractivity contribution in [1.82, 2.24) is 10.6 Å². The molecule has 0 bridgehead atoms. The number of ether oxygens (including phenoxy) is 1. The lowest BCUT2D eigenvalue weighted by molar-refractivity contribution is -0.127. The Labute approximate surface area is 169 Å². The van der Waals surface area contributed by atoms with Crippen LogP contribution in [0.3, 0.4) is 0 Å². The molecular formula is C21H25N3O3S. The Bertz CT molecular complexity index is 800. The molecule has 2 N–H and O–H groups in total. The molecule has 0 aromatic heterocycles. The lowest BCUT2D eigenvalue weighted by Gasteiger charge is -2.34. The second kappa shape index (κ2) is 10.0. The van der Waals surface area contributed by atoms with Crippen LogP contribution in [0.1, 0.15) is 5.56 Å². The van der Waals surface area contributed by atoms with Gasteiger partial charge in [0, 0.05) is 25.1 Å². The van der Waals surface area contributed by atoms with Crippen LogP contribution in [0.4, 0.5) is 5.69 Å². The Hall–Kier alpha value is -2.67. The highest BCUT2D eigenvalue weighted by Gasteiger charge is 2.30. The van der Waals surface area contributed by atoms with Gasteiger partial charge in [-0.15, -0.1) is 0 Å². The quantitative estimate of drug-likeness (QED) is 0.665. The SMILES string of the molecule is CNC(=O)[C@H]1CN(CC(=O)NCCSCc2ccccc2)c2ccccc2O1. The Morgan fingerprint density at radius 3 is 2.68 bits per heavy atom. The van der Waals surface area contributed by atoms with Crippen molar-refractivity contribution in [1.29, 1.82) is 0 Å². The summed E-state index contributed by atoms with van der Waals surface area (Å²) in [6, 6.07) is 17.7. The van der Waals surface area contributed by atoms with Gasteiger partial charge in [-0.1, -0.05) is 42.5 Å². The molecule has 0 saturated carbocycles. The maximum absolute atomic E-state index is 12.4. The summed E-state index contributed by atoms with van der Waals surface area (Å²) in [5.41, 5.74) is 2.11. The molecule has 6 nitrogen and oxygen atoms in total. The largest absolute Gasteiger partial charge is 0.477 e. The maximum atomic E-state index is 12.4. The van der Waals surface area contributed by atoms with Crippen LogP contribution < -0.4 is 20.3 Å². The van der Waals surface area contributed by atoms with Crippen molar-refractivity contribution in [3.05, 3.63) is 60.2 Å². The first-order valence-corrected chi connectivity index (χ1v) is 10.4. The van der Waals surface area contributed by atoms with Gasteiger partial charge in [0.25, 0.3) is 5.91 Å². The number of fused-ring (bicyclic) bond motifs is 1. The number of carbonyl (C=O) groups excluding carboxylic acids is 2. The smallest absolute Gasteiger partial charge is 0.262 e. The molecule has 0 aliphatic carbocycles. The van der Waals surface area contributed by atoms with E-state index in [1.165, 1.54) is 5.56 Å². The van der Waals surface area contributed by atoms with Gasteiger partial charge in [-0.2, -0.15) is 11.8 Å². The van der Waals surface area contributed by atoms with Crippen LogP contribution in [-0.4, -0.2) is 50.4 Å². The number of para-hydroxylation sites is 2. The van der Waals surface area contributed by atoms with Crippen LogP contribution in [0.25, 0.3) is 0 Å². The first-order chi connectivity index (χ1) is 13.7. The normalized spacial score (nSPS) is 15.3. The zero-order valence-corrected chi connectivity index (χ0v) is 16.7. The number of amides is 2. The number of thioether (sulfide) groups is 1. The predicted octanol–water partition coefficient (Wildman–Crippen LogP) is 2.05. The minimum absolute atomic E-state index is 0.0623. The number of hydrogen-bond donors (Lipinski definition) is 2. The molecular weight excluding hydrogens is 374 g/mol. The third kappa shape index (κ3) is 5.42. The van der Waals surface area contributed by atoms with E-state index in [1.807, 2.05) is 47.4 Å². The first-order valence-electron chi connectivity index (χ1n) is 9.28. The monoisotopic (exact) mass is 399 g/mol. The van der Waals surface area contributed by atoms with E-state index in [4.69, 9.17) is 4.74 Å². The van der Waals surface area contributed by atoms with E-state index in [1.54, 1.807) is 18.8 Å². The third-order valence-electron chi connectivity index (χ3n) is 4.41. The fourth-order valence-corrected chi connectivity index (χ4v) is 3.83. The predicted molar refractivity (Wildman–Crippen MR) is 113 cm³/mol. The van der Waals surface area contributed by atoms with E-state index in [0.29, 0.717) is 18.8 Å². The average molecular weight is 400 g/mol. The minimum atomic E-state index is -0.630. The van der Waals surface area contributed by atoms with Crippen LogP contribution in [0, 0.1) is 0 Å². The minimum Gasteiger partial charge on any atom is -0.477 e. The molecule has 1 aliphatic rings. The van der Waals surface area contributed by atoms with Gasteiger partial charge < -0.3 is 20.3 Å². The van der Waals surface area contributed by atoms with Gasteiger partial charge >= 0.3 is 0 Å². The topological polar surface area (TPSA) is 70.7 Å². The highest BCUT2D eigenvalue weighted by molar-refractivity contribution is 7.98. The van der Waals surface area contributed by atoms with Gasteiger partial charge in [0.2, 0.25) is 5.91 Å². The van der Waals surface area contributed by atoms with Crippen LogP contribution >= 0.6 is 11.8 Å². The van der Waals surface area contributed by atoms with Crippen molar-refractivity contribution in [2.75, 3.05) is 37.3 Å². The number of nitrogens with zero attached hydrogens (tertiary/aromatic N) is 1. The molecule has 1 heterocycles. The van der Waals surface area contributed by atoms with Gasteiger partial charge in [0.1, 0.15) is 5.75 Å². The lowest BCUT2D eigenvalue weighted by Crippen LogP contribution is -2.50. The standard InChI is InChI=1S/C21H25N3O3S/c1-22-21(26)19-13-24(17-9-5-6-10-18(17)27-19)14-20(25)23-11-12-28-15-16-7-3-2-4-8-16/h2-10,19H,11-15H2,1H3,(H,22,26)(H,23,25)/t19-/m1/s1. The van der Waals surface area contributed by atoms with Crippen molar-refractivity contribution in [3.8, 4) is 5.75 Å². The molecule has 2 amide bonds. The van der Waals surface area contributed by atoms with Crippen molar-refractivity contribution in [3.63, 3.8) is 0 Å². The Kier molecular flexibility index (Phi) is 7.19. The molecule has 0 saturated heterocycles. The summed E-state index contributed by atoms with van der Waals surface area (Å²) in [6.07, 6.45) is -0.630. The summed E-state index contributed by atoms with van der Waals surface area (Å²) in [7, 11) is 1.58. The summed E-state index contributed by atoms with van der Waals surface area (Å²) in [5.74, 6) is 2.14. The van der Waals surface area contributed by atoms with E-state index in [0.717, 1.165) is 17.2 Å². The molecule has 28 heavy (non-hydrogen) atoms. The molecule has 2 aromatic carbocycles. The number of rotatable bonds is 8. The summed E-state index contributed by atoms with van der Waals surface area (Å²) in [4.78, 5) is 26.3. The molecule has 0 unspecified atom stereocenters. The maximum Gasteiger partial charge on any atom is 0.262 e. The van der Waals surface area contributed by atoms with E-state index in [2.05, 4.69) is 22.8 Å². The first kappa shape index (κ1) is 20.1. The van der Waals surface area contributed by atoms with Gasteiger partial charge in [-0.3, -0.25) is 9.59 Å². The zero-order chi connectivity index (χ0) is 19.8. The van der Waals surface area contributed by atoms with Gasteiger partial charge in [0.05, 0.1) is 18.8 Å². The highest BCUT2D eigenvalue weighted by Crippen LogP contribution is 2.32. The van der Waals surface area contributed by atoms with Crippen LogP contribution in [-0.2, 0) is 15.3 Å². The molecule has 0 spiro atoms. The Morgan fingerprint density at radius 1 is 1.14 bits per heavy atom. The van der Waals surface area contributed by atoms with E-state index >= 15 is 0 Å². The third-order valence-corrected chi connectivity index (χ3v) is 5.45. The fourth-order valence-electron chi connectivity index (χ4n) is 3.01. The van der Waals surface area contributed by atoms with E-state index < -0.39 is 6.10 Å². The Balaban J connectivity index is 1.48. The molecule has 7 heteroatoms. The molecule has 148 valence electrons. The second-order valence-corrected chi connectivity index (χ2v) is 7.56. The molecule has 2 aromatic rings. The van der Waals surface area contributed by atoms with Crippen LogP contribution in [0.2, 0.25) is 0 Å². The van der Waals surface area contributed by atoms with Gasteiger partial charge in [-0.25, -0.2) is 0 Å². The number of anilines is 1. The van der Waals surface area contributed by atoms with Crippen molar-refractivity contribution in [2.45, 2.75) is 11.9 Å². The van der Waals surface area contributed by atoms with E-state index in [-0.39, 0.29) is 18.4 Å². The van der Waals surface area contributed by atoms with E-state index in [9.17, 15) is 9.59 Å². The van der Waals surface area contributed by atoms with Crippen molar-refractivity contribution in [2.24, 2.45) is 0 Å². The second-order valence-electron chi connectivity index (χ2n) is 6.46. The van der Waals surface area contributed by atoms with Crippen molar-refractivity contribution < 1.29 is 14.3 Å². The van der Waals surface area contributed by atoms with Gasteiger partial charge in [0.15, 0.2) is 6.10 Å². The molecule has 0 radical (unpaired) electrons. The number of likely N-dealkylation sites (N-methyl/N-ethyl adjacent to an activating group) is 1. The van der Waals surface area contributed by atoms with Crippen LogP contribution in [0.5, 0.6) is 5.75 Å². The molecule has 1 atom stereocenters. The zero-order valence-electron chi connectivity index (χ0n) is 15.9. The molecule has 0 fully saturated rings. The van der Waals surface area contributed by atoms with Gasteiger partial charge in [-0.05, 0) is 17.7 Å². The number of nitrogens with one attached hydrogen (secondary N) is 2. The van der Waals surface area contributed by atoms with Crippen molar-refractivity contribution >= 4 is 29.3 Å². The summed E-state index contributed by atoms with van der Waals surface area (Å²) in [5, 5.41) is 5.57. The van der Waals surface area contributed by atoms with Crippen LogP contribution in [0.15, 0.2) is 54.6 Å².